The molecule has 0 saturated heterocycles. The molecule has 0 saturated carbocycles. The highest BCUT2D eigenvalue weighted by atomic mass is 16.4. The second-order valence-corrected chi connectivity index (χ2v) is 11.0. The van der Waals surface area contributed by atoms with Crippen LogP contribution in [0.3, 0.4) is 0 Å². The van der Waals surface area contributed by atoms with Crippen molar-refractivity contribution >= 4 is 53.2 Å². The van der Waals surface area contributed by atoms with Gasteiger partial charge in [0.2, 0.25) is 47.3 Å². The van der Waals surface area contributed by atoms with E-state index in [0.29, 0.717) is 0 Å². The van der Waals surface area contributed by atoms with Gasteiger partial charge >= 0.3 is 5.97 Å². The quantitative estimate of drug-likeness (QED) is 0.103. The van der Waals surface area contributed by atoms with E-state index in [1.807, 2.05) is 13.8 Å². The summed E-state index contributed by atoms with van der Waals surface area (Å²) in [5.74, 6) is -5.76. The minimum absolute atomic E-state index is 0.0641. The average Bonchev–Trinajstić information content (AvgIpc) is 2.96. The Bertz CT molecular complexity index is 1150. The van der Waals surface area contributed by atoms with Gasteiger partial charge in [-0.15, -0.1) is 0 Å². The summed E-state index contributed by atoms with van der Waals surface area (Å²) in [7, 11) is 8.15. The van der Waals surface area contributed by atoms with Gasteiger partial charge in [0, 0.05) is 48.3 Å². The van der Waals surface area contributed by atoms with Crippen LogP contribution in [0.2, 0.25) is 0 Å². The van der Waals surface area contributed by atoms with Crippen molar-refractivity contribution in [2.75, 3.05) is 101 Å². The Morgan fingerprint density at radius 3 is 1.07 bits per heavy atom. The normalized spacial score (nSPS) is 10.4. The fraction of sp³-hybridized carbons (Fsp3) is 0.667. The van der Waals surface area contributed by atoms with Gasteiger partial charge in [-0.1, -0.05) is 13.8 Å². The summed E-state index contributed by atoms with van der Waals surface area (Å²) < 4.78 is 0. The molecule has 0 spiro atoms. The van der Waals surface area contributed by atoms with Gasteiger partial charge in [-0.05, 0) is 0 Å². The third-order valence-corrected chi connectivity index (χ3v) is 6.34. The number of hydrogen-bond donors (Lipinski definition) is 4. The first-order valence-corrected chi connectivity index (χ1v) is 14.2. The molecule has 19 heteroatoms. The average molecular weight is 658 g/mol. The molecule has 260 valence electrons. The molecule has 0 aliphatic rings. The number of carbonyl (C=O) groups excluding carboxylic acids is 8. The molecule has 46 heavy (non-hydrogen) atoms. The van der Waals surface area contributed by atoms with Crippen LogP contribution < -0.4 is 16.0 Å². The molecule has 0 fully saturated rings. The van der Waals surface area contributed by atoms with Crippen molar-refractivity contribution in [3.05, 3.63) is 0 Å². The molecule has 0 aliphatic carbocycles. The molecule has 4 N–H and O–H groups in total. The van der Waals surface area contributed by atoms with E-state index in [1.54, 1.807) is 0 Å². The van der Waals surface area contributed by atoms with Crippen LogP contribution in [-0.2, 0) is 43.2 Å². The maximum absolute atomic E-state index is 12.5. The number of rotatable bonds is 19. The van der Waals surface area contributed by atoms with Crippen LogP contribution in [0.4, 0.5) is 0 Å². The number of carboxylic acids is 1. The van der Waals surface area contributed by atoms with Gasteiger partial charge in [-0.25, -0.2) is 0 Å². The molecule has 0 radical (unpaired) electrons. The van der Waals surface area contributed by atoms with Crippen LogP contribution in [-0.4, -0.2) is 195 Å². The molecule has 19 nitrogen and oxygen atoms in total. The van der Waals surface area contributed by atoms with Crippen LogP contribution in [0.15, 0.2) is 0 Å². The van der Waals surface area contributed by atoms with E-state index < -0.39 is 86.6 Å². The third kappa shape index (κ3) is 16.9. The van der Waals surface area contributed by atoms with Crippen LogP contribution in [0.5, 0.6) is 0 Å². The molecule has 0 aromatic rings. The minimum Gasteiger partial charge on any atom is -0.480 e. The summed E-state index contributed by atoms with van der Waals surface area (Å²) in [6, 6.07) is 0.0953. The number of hydrogen-bond acceptors (Lipinski definition) is 10. The van der Waals surface area contributed by atoms with Crippen molar-refractivity contribution in [3.8, 4) is 0 Å². The van der Waals surface area contributed by atoms with Crippen LogP contribution >= 0.6 is 0 Å². The van der Waals surface area contributed by atoms with Gasteiger partial charge in [-0.3, -0.25) is 43.2 Å². The molecule has 8 amide bonds. The predicted molar refractivity (Wildman–Crippen MR) is 163 cm³/mol. The topological polar surface area (TPSA) is 229 Å². The Morgan fingerprint density at radius 1 is 0.457 bits per heavy atom. The highest BCUT2D eigenvalue weighted by Gasteiger charge is 2.23. The van der Waals surface area contributed by atoms with Gasteiger partial charge in [0.05, 0.1) is 52.4 Å². The van der Waals surface area contributed by atoms with Crippen molar-refractivity contribution in [2.24, 2.45) is 0 Å². The zero-order valence-corrected chi connectivity index (χ0v) is 27.7. The molecule has 0 heterocycles. The first-order chi connectivity index (χ1) is 21.2. The Kier molecular flexibility index (Phi) is 18.1. The monoisotopic (exact) mass is 657 g/mol. The molecule has 0 bridgehead atoms. The summed E-state index contributed by atoms with van der Waals surface area (Å²) in [6.07, 6.45) is 0. The fourth-order valence-corrected chi connectivity index (χ4v) is 3.28. The highest BCUT2D eigenvalue weighted by Crippen LogP contribution is 1.96. The fourth-order valence-electron chi connectivity index (χ4n) is 3.28. The van der Waals surface area contributed by atoms with Gasteiger partial charge in [0.1, 0.15) is 6.54 Å². The van der Waals surface area contributed by atoms with Crippen molar-refractivity contribution in [3.63, 3.8) is 0 Å². The summed E-state index contributed by atoms with van der Waals surface area (Å²) in [5.41, 5.74) is 0. The van der Waals surface area contributed by atoms with E-state index in [1.165, 1.54) is 47.2 Å². The lowest BCUT2D eigenvalue weighted by Gasteiger charge is -2.25. The largest absolute Gasteiger partial charge is 0.480 e. The maximum atomic E-state index is 12.5. The number of likely N-dealkylation sites (N-methyl/N-ethyl adjacent to an activating group) is 6. The van der Waals surface area contributed by atoms with Gasteiger partial charge in [0.25, 0.3) is 0 Å². The van der Waals surface area contributed by atoms with E-state index in [4.69, 9.17) is 5.11 Å². The van der Waals surface area contributed by atoms with Crippen molar-refractivity contribution in [1.29, 1.82) is 0 Å². The SMILES string of the molecule is CC(C)NCC(=O)N(C)CC(=O)N(C)CC(=O)N(C)CC(=O)NCC(=O)N(C)CC(=O)N(C)CC(=O)N(C)CC(=O)NCC(=O)O. The smallest absolute Gasteiger partial charge is 0.322 e. The first kappa shape index (κ1) is 41.2. The zero-order chi connectivity index (χ0) is 35.7. The summed E-state index contributed by atoms with van der Waals surface area (Å²) in [6.45, 7) is 0.499. The van der Waals surface area contributed by atoms with E-state index in [9.17, 15) is 43.2 Å². The molecule has 0 rings (SSSR count). The second-order valence-electron chi connectivity index (χ2n) is 11.0. The third-order valence-electron chi connectivity index (χ3n) is 6.34. The number of nitrogens with zero attached hydrogens (tertiary/aromatic N) is 6. The Balaban J connectivity index is 4.61. The standard InChI is InChI=1S/C27H47N9O10/c1-18(2)28-9-21(39)33(5)14-25(43)35(7)16-23(41)31(3)12-19(37)29-10-22(40)34(6)15-26(44)36(8)17-24(42)32(4)13-20(38)30-11-27(45)46/h18,28H,9-17H2,1-8H3,(H,29,37)(H,30,38)(H,45,46). The van der Waals surface area contributed by atoms with Crippen LogP contribution in [0.25, 0.3) is 0 Å². The molecular formula is C27H47N9O10. The molecule has 0 aromatic heterocycles. The van der Waals surface area contributed by atoms with E-state index in [0.717, 1.165) is 24.5 Å². The van der Waals surface area contributed by atoms with E-state index in [-0.39, 0.29) is 31.6 Å². The number of carboxylic acid groups (broad SMARTS) is 1. The highest BCUT2D eigenvalue weighted by molar-refractivity contribution is 5.93. The van der Waals surface area contributed by atoms with E-state index >= 15 is 0 Å². The lowest BCUT2D eigenvalue weighted by atomic mass is 10.3. The van der Waals surface area contributed by atoms with Crippen LogP contribution in [0, 0.1) is 0 Å². The first-order valence-electron chi connectivity index (χ1n) is 14.2. The molecule has 0 aliphatic heterocycles. The summed E-state index contributed by atoms with van der Waals surface area (Å²) >= 11 is 0. The van der Waals surface area contributed by atoms with Crippen molar-refractivity contribution in [2.45, 2.75) is 19.9 Å². The molecule has 0 aromatic carbocycles. The van der Waals surface area contributed by atoms with Crippen molar-refractivity contribution < 1.29 is 48.3 Å². The Hall–Kier alpha value is -4.81. The molecule has 0 unspecified atom stereocenters. The Morgan fingerprint density at radius 2 is 0.739 bits per heavy atom. The number of amides is 8. The predicted octanol–water partition coefficient (Wildman–Crippen LogP) is -4.95. The summed E-state index contributed by atoms with van der Waals surface area (Å²) in [4.78, 5) is 115. The number of aliphatic carboxylic acids is 1. The Labute approximate surface area is 268 Å². The van der Waals surface area contributed by atoms with Crippen molar-refractivity contribution in [1.82, 2.24) is 45.3 Å². The minimum atomic E-state index is -1.24. The summed E-state index contributed by atoms with van der Waals surface area (Å²) in [5, 5.41) is 16.0. The zero-order valence-electron chi connectivity index (χ0n) is 27.7. The van der Waals surface area contributed by atoms with Crippen LogP contribution in [0.1, 0.15) is 13.8 Å². The number of nitrogens with one attached hydrogen (secondary N) is 3. The maximum Gasteiger partial charge on any atom is 0.322 e. The van der Waals surface area contributed by atoms with Gasteiger partial charge in [0.15, 0.2) is 0 Å². The lowest BCUT2D eigenvalue weighted by Crippen LogP contribution is -2.49. The number of carbonyl (C=O) groups is 9. The second kappa shape index (κ2) is 20.3. The molecular weight excluding hydrogens is 610 g/mol. The van der Waals surface area contributed by atoms with Gasteiger partial charge in [-0.2, -0.15) is 0 Å². The van der Waals surface area contributed by atoms with Gasteiger partial charge < -0.3 is 50.5 Å². The molecule has 0 atom stereocenters. The lowest BCUT2D eigenvalue weighted by molar-refractivity contribution is -0.143. The van der Waals surface area contributed by atoms with E-state index in [2.05, 4.69) is 16.0 Å².